The highest BCUT2D eigenvalue weighted by molar-refractivity contribution is 9.10. The second-order valence-corrected chi connectivity index (χ2v) is 12.3. The van der Waals surface area contributed by atoms with E-state index in [1.54, 1.807) is 43.3 Å². The summed E-state index contributed by atoms with van der Waals surface area (Å²) in [5.74, 6) is -0.753. The number of rotatable bonds is 12. The van der Waals surface area contributed by atoms with Gasteiger partial charge in [-0.25, -0.2) is 8.42 Å². The molecule has 0 aliphatic heterocycles. The molecule has 0 bridgehead atoms. The average Bonchev–Trinajstić information content (AvgIpc) is 2.91. The third kappa shape index (κ3) is 7.92. The molecular formula is C30H36BrN3O4S. The molecule has 0 saturated heterocycles. The number of anilines is 1. The molecule has 2 amide bonds. The maximum absolute atomic E-state index is 13.9. The number of benzene rings is 3. The number of unbranched alkanes of at least 4 members (excludes halogenated alkanes) is 1. The van der Waals surface area contributed by atoms with Crippen molar-refractivity contribution in [2.24, 2.45) is 0 Å². The van der Waals surface area contributed by atoms with Gasteiger partial charge >= 0.3 is 0 Å². The fourth-order valence-corrected chi connectivity index (χ4v) is 5.74. The monoisotopic (exact) mass is 613 g/mol. The number of halogens is 1. The Labute approximate surface area is 240 Å². The number of aryl methyl sites for hydroxylation is 2. The largest absolute Gasteiger partial charge is 0.354 e. The zero-order valence-electron chi connectivity index (χ0n) is 22.9. The second-order valence-electron chi connectivity index (χ2n) is 9.57. The number of carbonyl (C=O) groups excluding carboxylic acids is 2. The molecule has 0 aromatic heterocycles. The number of carbonyl (C=O) groups is 2. The summed E-state index contributed by atoms with van der Waals surface area (Å²) in [6.45, 7) is 7.76. The molecule has 9 heteroatoms. The molecule has 3 aromatic carbocycles. The van der Waals surface area contributed by atoms with Crippen LogP contribution >= 0.6 is 15.9 Å². The molecule has 3 rings (SSSR count). The van der Waals surface area contributed by atoms with Gasteiger partial charge in [-0.05, 0) is 74.7 Å². The predicted octanol–water partition coefficient (Wildman–Crippen LogP) is 5.59. The van der Waals surface area contributed by atoms with Crippen LogP contribution < -0.4 is 9.62 Å². The highest BCUT2D eigenvalue weighted by Gasteiger charge is 2.32. The molecule has 0 aliphatic rings. The van der Waals surface area contributed by atoms with Crippen LogP contribution in [0.25, 0.3) is 0 Å². The molecule has 208 valence electrons. The predicted molar refractivity (Wildman–Crippen MR) is 159 cm³/mol. The number of hydrogen-bond acceptors (Lipinski definition) is 4. The van der Waals surface area contributed by atoms with E-state index in [1.165, 1.54) is 17.0 Å². The summed E-state index contributed by atoms with van der Waals surface area (Å²) in [4.78, 5) is 28.5. The molecule has 0 saturated carbocycles. The molecule has 1 unspecified atom stereocenters. The molecule has 0 aliphatic carbocycles. The first kappa shape index (κ1) is 30.4. The lowest BCUT2D eigenvalue weighted by molar-refractivity contribution is -0.139. The lowest BCUT2D eigenvalue weighted by Gasteiger charge is -2.32. The molecule has 1 N–H and O–H groups in total. The summed E-state index contributed by atoms with van der Waals surface area (Å²) in [5.41, 5.74) is 3.14. The average molecular weight is 615 g/mol. The summed E-state index contributed by atoms with van der Waals surface area (Å²) in [6.07, 6.45) is 1.76. The Balaban J connectivity index is 2.00. The highest BCUT2D eigenvalue weighted by Crippen LogP contribution is 2.26. The molecule has 3 aromatic rings. The Bertz CT molecular complexity index is 1380. The van der Waals surface area contributed by atoms with Crippen LogP contribution in [0.3, 0.4) is 0 Å². The normalized spacial score (nSPS) is 12.0. The van der Waals surface area contributed by atoms with Gasteiger partial charge in [0, 0.05) is 17.6 Å². The third-order valence-electron chi connectivity index (χ3n) is 6.60. The van der Waals surface area contributed by atoms with Gasteiger partial charge in [0.15, 0.2) is 0 Å². The quantitative estimate of drug-likeness (QED) is 0.270. The summed E-state index contributed by atoms with van der Waals surface area (Å²) in [7, 11) is -4.09. The van der Waals surface area contributed by atoms with Crippen LogP contribution in [0, 0.1) is 13.8 Å². The zero-order valence-corrected chi connectivity index (χ0v) is 25.3. The Morgan fingerprint density at radius 2 is 1.59 bits per heavy atom. The van der Waals surface area contributed by atoms with Gasteiger partial charge in [0.2, 0.25) is 11.8 Å². The maximum Gasteiger partial charge on any atom is 0.264 e. The number of sulfonamides is 1. The van der Waals surface area contributed by atoms with Gasteiger partial charge < -0.3 is 10.2 Å². The van der Waals surface area contributed by atoms with Crippen LogP contribution in [0.5, 0.6) is 0 Å². The fraction of sp³-hybridized carbons (Fsp3) is 0.333. The number of amides is 2. The van der Waals surface area contributed by atoms with Crippen LogP contribution in [0.4, 0.5) is 5.69 Å². The minimum absolute atomic E-state index is 0.0830. The van der Waals surface area contributed by atoms with Gasteiger partial charge in [-0.1, -0.05) is 71.2 Å². The second kappa shape index (κ2) is 13.8. The Kier molecular flexibility index (Phi) is 10.7. The third-order valence-corrected chi connectivity index (χ3v) is 8.92. The fourth-order valence-electron chi connectivity index (χ4n) is 4.06. The molecule has 0 heterocycles. The van der Waals surface area contributed by atoms with Crippen LogP contribution in [-0.4, -0.2) is 44.3 Å². The van der Waals surface area contributed by atoms with E-state index in [1.807, 2.05) is 45.0 Å². The SMILES string of the molecule is CCCCNC(=O)C(C)N(Cc1ccccc1C)C(=O)CN(c1ccc(Br)cc1)S(=O)(=O)c1ccc(C)cc1. The first-order valence-corrected chi connectivity index (χ1v) is 15.2. The summed E-state index contributed by atoms with van der Waals surface area (Å²) >= 11 is 3.39. The van der Waals surface area contributed by atoms with Crippen LogP contribution in [-0.2, 0) is 26.2 Å². The van der Waals surface area contributed by atoms with Gasteiger partial charge in [0.05, 0.1) is 10.6 Å². The van der Waals surface area contributed by atoms with E-state index in [4.69, 9.17) is 0 Å². The van der Waals surface area contributed by atoms with Crippen LogP contribution in [0.15, 0.2) is 82.2 Å². The molecule has 0 radical (unpaired) electrons. The van der Waals surface area contributed by atoms with E-state index in [-0.39, 0.29) is 17.3 Å². The van der Waals surface area contributed by atoms with E-state index in [0.29, 0.717) is 12.2 Å². The lowest BCUT2D eigenvalue weighted by Crippen LogP contribution is -2.51. The first-order chi connectivity index (χ1) is 18.5. The van der Waals surface area contributed by atoms with Crippen molar-refractivity contribution < 1.29 is 18.0 Å². The Hall–Kier alpha value is -3.17. The highest BCUT2D eigenvalue weighted by atomic mass is 79.9. The molecule has 0 fully saturated rings. The van der Waals surface area contributed by atoms with E-state index >= 15 is 0 Å². The van der Waals surface area contributed by atoms with Crippen molar-refractivity contribution in [2.75, 3.05) is 17.4 Å². The number of nitrogens with zero attached hydrogens (tertiary/aromatic N) is 2. The van der Waals surface area contributed by atoms with Crippen molar-refractivity contribution in [2.45, 2.75) is 58.0 Å². The van der Waals surface area contributed by atoms with Crippen molar-refractivity contribution in [1.29, 1.82) is 0 Å². The molecule has 0 spiro atoms. The van der Waals surface area contributed by atoms with Gasteiger partial charge in [-0.3, -0.25) is 13.9 Å². The van der Waals surface area contributed by atoms with Crippen molar-refractivity contribution in [3.63, 3.8) is 0 Å². The van der Waals surface area contributed by atoms with Crippen molar-refractivity contribution >= 4 is 43.5 Å². The van der Waals surface area contributed by atoms with E-state index in [9.17, 15) is 18.0 Å². The Morgan fingerprint density at radius 1 is 0.949 bits per heavy atom. The van der Waals surface area contributed by atoms with Crippen molar-refractivity contribution in [3.8, 4) is 0 Å². The smallest absolute Gasteiger partial charge is 0.264 e. The van der Waals surface area contributed by atoms with Crippen molar-refractivity contribution in [1.82, 2.24) is 10.2 Å². The summed E-state index contributed by atoms with van der Waals surface area (Å²) in [6, 6.07) is 20.1. The number of nitrogens with one attached hydrogen (secondary N) is 1. The van der Waals surface area contributed by atoms with E-state index in [0.717, 1.165) is 38.3 Å². The van der Waals surface area contributed by atoms with Gasteiger partial charge in [-0.2, -0.15) is 0 Å². The summed E-state index contributed by atoms with van der Waals surface area (Å²) in [5, 5.41) is 2.90. The van der Waals surface area contributed by atoms with Gasteiger partial charge in [0.1, 0.15) is 12.6 Å². The lowest BCUT2D eigenvalue weighted by atomic mass is 10.1. The molecule has 39 heavy (non-hydrogen) atoms. The first-order valence-electron chi connectivity index (χ1n) is 13.0. The van der Waals surface area contributed by atoms with E-state index < -0.39 is 28.5 Å². The summed E-state index contributed by atoms with van der Waals surface area (Å²) < 4.78 is 29.6. The van der Waals surface area contributed by atoms with Crippen molar-refractivity contribution in [3.05, 3.63) is 94.0 Å². The van der Waals surface area contributed by atoms with Crippen LogP contribution in [0.1, 0.15) is 43.4 Å². The standard InChI is InChI=1S/C30H36BrN3O4S/c1-5-6-19-32-30(36)24(4)33(20-25-10-8-7-9-23(25)3)29(35)21-34(27-15-13-26(31)14-16-27)39(37,38)28-17-11-22(2)12-18-28/h7-18,24H,5-6,19-21H2,1-4H3,(H,32,36). The minimum atomic E-state index is -4.09. The molecular weight excluding hydrogens is 578 g/mol. The maximum atomic E-state index is 13.9. The van der Waals surface area contributed by atoms with Gasteiger partial charge in [-0.15, -0.1) is 0 Å². The molecule has 1 atom stereocenters. The topological polar surface area (TPSA) is 86.8 Å². The number of hydrogen-bond donors (Lipinski definition) is 1. The Morgan fingerprint density at radius 3 is 2.21 bits per heavy atom. The van der Waals surface area contributed by atoms with Crippen LogP contribution in [0.2, 0.25) is 0 Å². The van der Waals surface area contributed by atoms with E-state index in [2.05, 4.69) is 21.2 Å². The minimum Gasteiger partial charge on any atom is -0.354 e. The zero-order chi connectivity index (χ0) is 28.6. The van der Waals surface area contributed by atoms with Gasteiger partial charge in [0.25, 0.3) is 10.0 Å². The molecule has 7 nitrogen and oxygen atoms in total.